The molecule has 1 N–H and O–H groups in total. The van der Waals surface area contributed by atoms with Gasteiger partial charge in [-0.1, -0.05) is 0 Å². The predicted molar refractivity (Wildman–Crippen MR) is 145 cm³/mol. The first kappa shape index (κ1) is 26.3. The molecule has 2 aliphatic rings. The highest BCUT2D eigenvalue weighted by atomic mass is 19.1. The lowest BCUT2D eigenvalue weighted by atomic mass is 9.70. The number of likely N-dealkylation sites (tertiary alicyclic amines) is 1. The maximum absolute atomic E-state index is 15.0. The summed E-state index contributed by atoms with van der Waals surface area (Å²) in [6.45, 7) is 7.24. The van der Waals surface area contributed by atoms with E-state index < -0.39 is 11.5 Å². The molecule has 0 atom stereocenters. The van der Waals surface area contributed by atoms with Crippen LogP contribution >= 0.6 is 0 Å². The number of nitrogens with zero attached hydrogens (tertiary/aromatic N) is 6. The Bertz CT molecular complexity index is 1250. The van der Waals surface area contributed by atoms with Gasteiger partial charge in [0, 0.05) is 55.4 Å². The van der Waals surface area contributed by atoms with Gasteiger partial charge in [-0.15, -0.1) is 5.10 Å². The maximum atomic E-state index is 15.0. The normalized spacial score (nSPS) is 18.1. The second kappa shape index (κ2) is 10.5. The molecule has 5 rings (SSSR count). The first-order valence-electron chi connectivity index (χ1n) is 13.2. The van der Waals surface area contributed by atoms with Crippen molar-refractivity contribution in [3.8, 4) is 16.9 Å². The van der Waals surface area contributed by atoms with Crippen molar-refractivity contribution in [3.63, 3.8) is 0 Å². The van der Waals surface area contributed by atoms with Crippen molar-refractivity contribution in [1.82, 2.24) is 24.6 Å². The van der Waals surface area contributed by atoms with Crippen LogP contribution in [0.5, 0.6) is 5.75 Å². The molecular formula is C28H37F2N7O. The van der Waals surface area contributed by atoms with Crippen molar-refractivity contribution in [2.75, 3.05) is 50.2 Å². The van der Waals surface area contributed by atoms with Crippen molar-refractivity contribution in [2.24, 2.45) is 12.5 Å². The van der Waals surface area contributed by atoms with Gasteiger partial charge in [-0.05, 0) is 70.2 Å². The number of piperidine rings is 2. The number of hydrogen-bond donors (Lipinski definition) is 1. The SMILES string of the molecule is COc1cc(N2CCC3(CC2)CCN(C(C)(C)CF)CC3)c(-c2cn(C)nc2F)cc1Nc1ccncn1. The number of ether oxygens (including phenoxy) is 1. The largest absolute Gasteiger partial charge is 0.494 e. The van der Waals surface area contributed by atoms with Crippen LogP contribution in [-0.2, 0) is 7.05 Å². The van der Waals surface area contributed by atoms with Gasteiger partial charge in [0.25, 0.3) is 0 Å². The van der Waals surface area contributed by atoms with E-state index >= 15 is 0 Å². The van der Waals surface area contributed by atoms with Crippen LogP contribution < -0.4 is 15.0 Å². The maximum Gasteiger partial charge on any atom is 0.240 e. The van der Waals surface area contributed by atoms with Crippen LogP contribution in [0.1, 0.15) is 39.5 Å². The first-order chi connectivity index (χ1) is 18.2. The minimum atomic E-state index is -0.511. The van der Waals surface area contributed by atoms with Crippen LogP contribution in [0.3, 0.4) is 0 Å². The summed E-state index contributed by atoms with van der Waals surface area (Å²) in [4.78, 5) is 12.9. The van der Waals surface area contributed by atoms with Gasteiger partial charge in [0.2, 0.25) is 5.95 Å². The molecule has 1 aromatic carbocycles. The third kappa shape index (κ3) is 5.18. The zero-order valence-corrected chi connectivity index (χ0v) is 22.7. The number of rotatable bonds is 7. The fourth-order valence-corrected chi connectivity index (χ4v) is 5.85. The zero-order chi connectivity index (χ0) is 26.9. The van der Waals surface area contributed by atoms with Crippen molar-refractivity contribution in [2.45, 2.75) is 45.1 Å². The van der Waals surface area contributed by atoms with E-state index in [-0.39, 0.29) is 12.1 Å². The molecule has 2 fully saturated rings. The summed E-state index contributed by atoms with van der Waals surface area (Å²) in [6, 6.07) is 5.66. The third-order valence-corrected chi connectivity index (χ3v) is 8.41. The van der Waals surface area contributed by atoms with Gasteiger partial charge in [-0.3, -0.25) is 9.58 Å². The summed E-state index contributed by atoms with van der Waals surface area (Å²) in [5.41, 5.74) is 2.68. The Hall–Kier alpha value is -3.27. The Labute approximate surface area is 223 Å². The summed E-state index contributed by atoms with van der Waals surface area (Å²) >= 11 is 0. The number of aryl methyl sites for hydroxylation is 1. The van der Waals surface area contributed by atoms with Gasteiger partial charge >= 0.3 is 0 Å². The van der Waals surface area contributed by atoms with Gasteiger partial charge < -0.3 is 15.0 Å². The van der Waals surface area contributed by atoms with Gasteiger partial charge in [-0.25, -0.2) is 14.4 Å². The highest BCUT2D eigenvalue weighted by molar-refractivity contribution is 5.85. The number of hydrogen-bond acceptors (Lipinski definition) is 7. The molecule has 8 nitrogen and oxygen atoms in total. The van der Waals surface area contributed by atoms with Gasteiger partial charge in [0.15, 0.2) is 0 Å². The van der Waals surface area contributed by atoms with E-state index in [2.05, 4.69) is 30.2 Å². The lowest BCUT2D eigenvalue weighted by Gasteiger charge is -2.50. The molecule has 0 amide bonds. The molecule has 0 unspecified atom stereocenters. The van der Waals surface area contributed by atoms with Crippen molar-refractivity contribution >= 4 is 17.2 Å². The van der Waals surface area contributed by atoms with Crippen LogP contribution in [-0.4, -0.2) is 70.2 Å². The first-order valence-corrected chi connectivity index (χ1v) is 13.2. The second-order valence-electron chi connectivity index (χ2n) is 11.2. The highest BCUT2D eigenvalue weighted by Crippen LogP contribution is 2.46. The fraction of sp³-hybridized carbons (Fsp3) is 0.536. The molecule has 0 bridgehead atoms. The monoisotopic (exact) mass is 525 g/mol. The second-order valence-corrected chi connectivity index (χ2v) is 11.2. The van der Waals surface area contributed by atoms with E-state index in [0.29, 0.717) is 22.8 Å². The van der Waals surface area contributed by atoms with Gasteiger partial charge in [0.05, 0.1) is 18.4 Å². The lowest BCUT2D eigenvalue weighted by Crippen LogP contribution is -2.53. The Morgan fingerprint density at radius 1 is 1.08 bits per heavy atom. The van der Waals surface area contributed by atoms with Gasteiger partial charge in [0.1, 0.15) is 24.6 Å². The Morgan fingerprint density at radius 2 is 1.79 bits per heavy atom. The van der Waals surface area contributed by atoms with E-state index in [1.54, 1.807) is 32.6 Å². The van der Waals surface area contributed by atoms with Crippen LogP contribution in [0.15, 0.2) is 36.9 Å². The number of halogens is 2. The van der Waals surface area contributed by atoms with Crippen LogP contribution in [0.25, 0.3) is 11.1 Å². The molecule has 38 heavy (non-hydrogen) atoms. The van der Waals surface area contributed by atoms with Crippen LogP contribution in [0.4, 0.5) is 26.0 Å². The summed E-state index contributed by atoms with van der Waals surface area (Å²) in [5.74, 6) is 0.753. The van der Waals surface area contributed by atoms with Crippen molar-refractivity contribution < 1.29 is 13.5 Å². The smallest absolute Gasteiger partial charge is 0.240 e. The molecular weight excluding hydrogens is 488 g/mol. The summed E-state index contributed by atoms with van der Waals surface area (Å²) in [5, 5.41) is 7.24. The quantitative estimate of drug-likeness (QED) is 0.455. The molecule has 10 heteroatoms. The van der Waals surface area contributed by atoms with Gasteiger partial charge in [-0.2, -0.15) is 4.39 Å². The van der Waals surface area contributed by atoms with E-state index in [9.17, 15) is 8.78 Å². The third-order valence-electron chi connectivity index (χ3n) is 8.41. The number of nitrogens with one attached hydrogen (secondary N) is 1. The van der Waals surface area contributed by atoms with Crippen molar-refractivity contribution in [1.29, 1.82) is 0 Å². The Kier molecular flexibility index (Phi) is 7.26. The number of benzene rings is 1. The van der Waals surface area contributed by atoms with E-state index in [1.807, 2.05) is 26.0 Å². The fourth-order valence-electron chi connectivity index (χ4n) is 5.85. The van der Waals surface area contributed by atoms with E-state index in [0.717, 1.165) is 63.1 Å². The topological polar surface area (TPSA) is 71.3 Å². The molecule has 0 saturated carbocycles. The van der Waals surface area contributed by atoms with Crippen molar-refractivity contribution in [3.05, 3.63) is 42.9 Å². The number of aromatic nitrogens is 4. The predicted octanol–water partition coefficient (Wildman–Crippen LogP) is 5.20. The Morgan fingerprint density at radius 3 is 2.37 bits per heavy atom. The molecule has 0 radical (unpaired) electrons. The standard InChI is InChI=1S/C28H37F2N7O/c1-27(2,18-29)37-13-8-28(9-14-37)6-11-36(12-7-28)23-16-24(38-4)22(33-25-5-10-31-19-32-25)15-20(23)21-17-35(3)34-26(21)30/h5,10,15-17,19H,6-9,11-14,18H2,1-4H3,(H,31,32,33). The molecule has 2 aromatic heterocycles. The average Bonchev–Trinajstić information content (AvgIpc) is 3.27. The number of methoxy groups -OCH3 is 1. The van der Waals surface area contributed by atoms with E-state index in [4.69, 9.17) is 4.74 Å². The molecule has 2 aliphatic heterocycles. The summed E-state index contributed by atoms with van der Waals surface area (Å²) in [6.07, 6.45) is 9.11. The molecule has 1 spiro atoms. The number of alkyl halides is 1. The molecule has 0 aliphatic carbocycles. The minimum absolute atomic E-state index is 0.276. The summed E-state index contributed by atoms with van der Waals surface area (Å²) < 4.78 is 35.8. The van der Waals surface area contributed by atoms with Crippen LogP contribution in [0.2, 0.25) is 0 Å². The lowest BCUT2D eigenvalue weighted by molar-refractivity contribution is 0.0112. The average molecular weight is 526 g/mol. The number of anilines is 3. The van der Waals surface area contributed by atoms with Crippen LogP contribution in [0, 0.1) is 11.4 Å². The highest BCUT2D eigenvalue weighted by Gasteiger charge is 2.41. The minimum Gasteiger partial charge on any atom is -0.494 e. The molecule has 2 saturated heterocycles. The molecule has 4 heterocycles. The molecule has 3 aromatic rings. The Balaban J connectivity index is 1.42. The summed E-state index contributed by atoms with van der Waals surface area (Å²) in [7, 11) is 3.35. The molecule has 204 valence electrons. The zero-order valence-electron chi connectivity index (χ0n) is 22.7. The van der Waals surface area contributed by atoms with E-state index in [1.165, 1.54) is 11.0 Å².